The third-order valence-electron chi connectivity index (χ3n) is 3.85. The van der Waals surface area contributed by atoms with E-state index in [1.165, 1.54) is 25.9 Å². The molecule has 19 heavy (non-hydrogen) atoms. The molecule has 0 bridgehead atoms. The molecule has 1 fully saturated rings. The summed E-state index contributed by atoms with van der Waals surface area (Å²) >= 11 is 12.2. The zero-order chi connectivity index (χ0) is 13.8. The van der Waals surface area contributed by atoms with E-state index in [1.807, 2.05) is 18.2 Å². The van der Waals surface area contributed by atoms with Gasteiger partial charge in [-0.2, -0.15) is 0 Å². The van der Waals surface area contributed by atoms with Crippen LogP contribution in [0.15, 0.2) is 18.2 Å². The van der Waals surface area contributed by atoms with Crippen molar-refractivity contribution in [3.05, 3.63) is 33.8 Å². The van der Waals surface area contributed by atoms with E-state index >= 15 is 0 Å². The van der Waals surface area contributed by atoms with Crippen LogP contribution in [0.1, 0.15) is 32.3 Å². The minimum absolute atomic E-state index is 0.588. The molecule has 106 valence electrons. The van der Waals surface area contributed by atoms with Gasteiger partial charge in [0.05, 0.1) is 0 Å². The van der Waals surface area contributed by atoms with Gasteiger partial charge in [-0.15, -0.1) is 0 Å². The van der Waals surface area contributed by atoms with Crippen molar-refractivity contribution in [1.29, 1.82) is 0 Å². The first-order valence-electron chi connectivity index (χ1n) is 6.97. The van der Waals surface area contributed by atoms with Gasteiger partial charge in [-0.25, -0.2) is 0 Å². The fraction of sp³-hybridized carbons (Fsp3) is 0.600. The molecule has 1 aromatic carbocycles. The minimum atomic E-state index is 0.588. The van der Waals surface area contributed by atoms with E-state index < -0.39 is 0 Å². The van der Waals surface area contributed by atoms with Gasteiger partial charge in [-0.3, -0.25) is 0 Å². The number of benzene rings is 1. The van der Waals surface area contributed by atoms with Crippen LogP contribution in [0.3, 0.4) is 0 Å². The molecule has 0 radical (unpaired) electrons. The lowest BCUT2D eigenvalue weighted by molar-refractivity contribution is 0.161. The zero-order valence-corrected chi connectivity index (χ0v) is 13.1. The molecule has 0 spiro atoms. The van der Waals surface area contributed by atoms with Crippen molar-refractivity contribution in [2.75, 3.05) is 13.1 Å². The standard InChI is InChI=1S/C15H22Cl2N2/c1-11(2)19-7-5-14(6-8-19)18-10-12-9-13(16)3-4-15(12)17/h3-4,9,11,14,18H,5-8,10H2,1-2H3. The smallest absolute Gasteiger partial charge is 0.0451 e. The molecule has 4 heteroatoms. The lowest BCUT2D eigenvalue weighted by Crippen LogP contribution is -2.44. The molecule has 2 nitrogen and oxygen atoms in total. The zero-order valence-electron chi connectivity index (χ0n) is 11.6. The summed E-state index contributed by atoms with van der Waals surface area (Å²) in [5.41, 5.74) is 1.08. The fourth-order valence-electron chi connectivity index (χ4n) is 2.55. The average molecular weight is 301 g/mol. The monoisotopic (exact) mass is 300 g/mol. The Kier molecular flexibility index (Phi) is 5.52. The second-order valence-electron chi connectivity index (χ2n) is 5.52. The summed E-state index contributed by atoms with van der Waals surface area (Å²) in [7, 11) is 0. The van der Waals surface area contributed by atoms with Gasteiger partial charge in [0, 0.05) is 28.7 Å². The summed E-state index contributed by atoms with van der Waals surface area (Å²) in [5, 5.41) is 5.13. The molecule has 2 rings (SSSR count). The van der Waals surface area contributed by atoms with Crippen LogP contribution < -0.4 is 5.32 Å². The third-order valence-corrected chi connectivity index (χ3v) is 4.45. The van der Waals surface area contributed by atoms with E-state index in [2.05, 4.69) is 24.1 Å². The predicted molar refractivity (Wildman–Crippen MR) is 83.0 cm³/mol. The number of halogens is 2. The number of hydrogen-bond acceptors (Lipinski definition) is 2. The molecule has 1 aliphatic rings. The van der Waals surface area contributed by atoms with Crippen molar-refractivity contribution in [2.24, 2.45) is 0 Å². The van der Waals surface area contributed by atoms with Gasteiger partial charge in [-0.05, 0) is 63.5 Å². The van der Waals surface area contributed by atoms with Crippen molar-refractivity contribution in [3.8, 4) is 0 Å². The van der Waals surface area contributed by atoms with Gasteiger partial charge in [0.1, 0.15) is 0 Å². The second-order valence-corrected chi connectivity index (χ2v) is 6.36. The van der Waals surface area contributed by atoms with Crippen molar-refractivity contribution >= 4 is 23.2 Å². The molecular weight excluding hydrogens is 279 g/mol. The summed E-state index contributed by atoms with van der Waals surface area (Å²) in [6, 6.07) is 6.88. The number of hydrogen-bond donors (Lipinski definition) is 1. The Balaban J connectivity index is 1.82. The highest BCUT2D eigenvalue weighted by Gasteiger charge is 2.20. The van der Waals surface area contributed by atoms with E-state index in [1.54, 1.807) is 0 Å². The van der Waals surface area contributed by atoms with Gasteiger partial charge < -0.3 is 10.2 Å². The van der Waals surface area contributed by atoms with Crippen LogP contribution in [0.2, 0.25) is 10.0 Å². The summed E-state index contributed by atoms with van der Waals surface area (Å²) in [5.74, 6) is 0. The van der Waals surface area contributed by atoms with Crippen molar-refractivity contribution < 1.29 is 0 Å². The number of rotatable bonds is 4. The molecule has 0 saturated carbocycles. The largest absolute Gasteiger partial charge is 0.310 e. The Morgan fingerprint density at radius 2 is 1.95 bits per heavy atom. The second kappa shape index (κ2) is 6.94. The number of piperidine rings is 1. The average Bonchev–Trinajstić information content (AvgIpc) is 2.40. The highest BCUT2D eigenvalue weighted by Crippen LogP contribution is 2.21. The molecule has 1 aromatic rings. The van der Waals surface area contributed by atoms with Gasteiger partial charge in [-0.1, -0.05) is 23.2 Å². The van der Waals surface area contributed by atoms with Gasteiger partial charge in [0.25, 0.3) is 0 Å². The molecule has 1 aliphatic heterocycles. The van der Waals surface area contributed by atoms with Crippen molar-refractivity contribution in [2.45, 2.75) is 45.3 Å². The Hall–Kier alpha value is -0.280. The van der Waals surface area contributed by atoms with Crippen LogP contribution in [0.4, 0.5) is 0 Å². The summed E-state index contributed by atoms with van der Waals surface area (Å²) in [6.45, 7) is 7.68. The van der Waals surface area contributed by atoms with Crippen molar-refractivity contribution in [3.63, 3.8) is 0 Å². The Morgan fingerprint density at radius 3 is 2.58 bits per heavy atom. The van der Waals surface area contributed by atoms with Crippen LogP contribution in [0, 0.1) is 0 Å². The Labute approximate surface area is 126 Å². The van der Waals surface area contributed by atoms with Crippen LogP contribution >= 0.6 is 23.2 Å². The Bertz CT molecular complexity index is 413. The molecule has 1 heterocycles. The first-order chi connectivity index (χ1) is 9.06. The van der Waals surface area contributed by atoms with Crippen LogP contribution in [-0.2, 0) is 6.54 Å². The normalized spacial score (nSPS) is 18.2. The maximum absolute atomic E-state index is 6.17. The topological polar surface area (TPSA) is 15.3 Å². The highest BCUT2D eigenvalue weighted by molar-refractivity contribution is 6.33. The first kappa shape index (κ1) is 15.1. The van der Waals surface area contributed by atoms with E-state index in [-0.39, 0.29) is 0 Å². The van der Waals surface area contributed by atoms with Crippen LogP contribution in [-0.4, -0.2) is 30.1 Å². The van der Waals surface area contributed by atoms with E-state index in [0.29, 0.717) is 12.1 Å². The number of likely N-dealkylation sites (tertiary alicyclic amines) is 1. The quantitative estimate of drug-likeness (QED) is 0.905. The maximum Gasteiger partial charge on any atom is 0.0451 e. The molecule has 0 aromatic heterocycles. The van der Waals surface area contributed by atoms with Crippen LogP contribution in [0.25, 0.3) is 0 Å². The molecular formula is C15H22Cl2N2. The molecule has 0 amide bonds. The predicted octanol–water partition coefficient (Wildman–Crippen LogP) is 3.96. The summed E-state index contributed by atoms with van der Waals surface area (Å²) in [4.78, 5) is 2.53. The minimum Gasteiger partial charge on any atom is -0.310 e. The molecule has 0 unspecified atom stereocenters. The van der Waals surface area contributed by atoms with Gasteiger partial charge in [0.15, 0.2) is 0 Å². The maximum atomic E-state index is 6.17. The highest BCUT2D eigenvalue weighted by atomic mass is 35.5. The Morgan fingerprint density at radius 1 is 1.26 bits per heavy atom. The van der Waals surface area contributed by atoms with Crippen LogP contribution in [0.5, 0.6) is 0 Å². The van der Waals surface area contributed by atoms with E-state index in [0.717, 1.165) is 22.2 Å². The summed E-state index contributed by atoms with van der Waals surface area (Å²) in [6.07, 6.45) is 2.41. The molecule has 1 saturated heterocycles. The number of nitrogens with one attached hydrogen (secondary N) is 1. The van der Waals surface area contributed by atoms with E-state index in [4.69, 9.17) is 23.2 Å². The molecule has 0 atom stereocenters. The van der Waals surface area contributed by atoms with E-state index in [9.17, 15) is 0 Å². The fourth-order valence-corrected chi connectivity index (χ4v) is 2.93. The van der Waals surface area contributed by atoms with Crippen molar-refractivity contribution in [1.82, 2.24) is 10.2 Å². The van der Waals surface area contributed by atoms with Gasteiger partial charge >= 0.3 is 0 Å². The first-order valence-corrected chi connectivity index (χ1v) is 7.73. The number of nitrogens with zero attached hydrogens (tertiary/aromatic N) is 1. The van der Waals surface area contributed by atoms with Gasteiger partial charge in [0.2, 0.25) is 0 Å². The summed E-state index contributed by atoms with van der Waals surface area (Å²) < 4.78 is 0. The molecule has 0 aliphatic carbocycles. The third kappa shape index (κ3) is 4.35. The lowest BCUT2D eigenvalue weighted by Gasteiger charge is -2.35. The SMILES string of the molecule is CC(C)N1CCC(NCc2cc(Cl)ccc2Cl)CC1. The lowest BCUT2D eigenvalue weighted by atomic mass is 10.0. The molecule has 1 N–H and O–H groups in total.